The van der Waals surface area contributed by atoms with Gasteiger partial charge in [0.15, 0.2) is 0 Å². The van der Waals surface area contributed by atoms with Crippen LogP contribution in [-0.2, 0) is 12.8 Å². The lowest BCUT2D eigenvalue weighted by atomic mass is 9.92. The van der Waals surface area contributed by atoms with Crippen LogP contribution in [0, 0.1) is 13.8 Å². The number of aromatic amines is 2. The Hall–Kier alpha value is -4.00. The first kappa shape index (κ1) is 46.0. The summed E-state index contributed by atoms with van der Waals surface area (Å²) in [5.74, 6) is 0. The molecule has 326 valence electrons. The maximum absolute atomic E-state index is 5.75. The van der Waals surface area contributed by atoms with E-state index in [1.165, 1.54) is 129 Å². The lowest BCUT2D eigenvalue weighted by Gasteiger charge is -2.11. The van der Waals surface area contributed by atoms with Crippen LogP contribution in [0.3, 0.4) is 0 Å². The Morgan fingerprint density at radius 2 is 0.806 bits per heavy atom. The largest absolute Gasteiger partial charge is 0.354 e. The molecule has 62 heavy (non-hydrogen) atoms. The molecule has 0 aliphatic carbocycles. The van der Waals surface area contributed by atoms with Gasteiger partial charge in [-0.2, -0.15) is 0 Å². The number of hydrogen-bond acceptors (Lipinski definition) is 2. The molecule has 0 radical (unpaired) electrons. The normalized spacial score (nSPS) is 12.9. The number of unbranched alkanes of at least 4 members (excludes halogenated alkanes) is 8. The average Bonchev–Trinajstić information content (AvgIpc) is 3.94. The number of hydrogen-bond donors (Lipinski definition) is 2. The molecule has 0 spiro atoms. The molecule has 7 rings (SSSR count). The fraction of sp³-hybridized carbons (Fsp3) is 0.429. The van der Waals surface area contributed by atoms with E-state index < -0.39 is 0 Å². The lowest BCUT2D eigenvalue weighted by molar-refractivity contribution is 0.718. The highest BCUT2D eigenvalue weighted by molar-refractivity contribution is 9.10. The van der Waals surface area contributed by atoms with Gasteiger partial charge in [0.2, 0.25) is 0 Å². The Morgan fingerprint density at radius 1 is 0.452 bits per heavy atom. The van der Waals surface area contributed by atoms with Gasteiger partial charge in [-0.25, -0.2) is 9.97 Å². The second-order valence-corrected chi connectivity index (χ2v) is 19.6. The van der Waals surface area contributed by atoms with Crippen LogP contribution >= 0.6 is 31.9 Å². The van der Waals surface area contributed by atoms with Crippen molar-refractivity contribution in [2.24, 2.45) is 0 Å². The van der Waals surface area contributed by atoms with Crippen molar-refractivity contribution in [1.29, 1.82) is 0 Å². The third-order valence-electron chi connectivity index (χ3n) is 13.4. The Labute approximate surface area is 388 Å². The number of allylic oxidation sites excluding steroid dienone is 4. The van der Waals surface area contributed by atoms with Gasteiger partial charge in [-0.1, -0.05) is 135 Å². The third kappa shape index (κ3) is 9.72. The number of halogens is 2. The summed E-state index contributed by atoms with van der Waals surface area (Å²) in [5.41, 5.74) is 24.5. The van der Waals surface area contributed by atoms with Gasteiger partial charge in [0.1, 0.15) is 0 Å². The van der Waals surface area contributed by atoms with E-state index in [-0.39, 0.29) is 0 Å². The Balaban J connectivity index is 1.72. The standard InChI is InChI=1S/C56H68Br2N4/c1-9-13-17-21-43-35(5)53-51(39-25-29-41(57)30-26-39)54-37(7)45(23-19-15-11-3)49(61-54)34-50-46(24-20-16-12-4)38(8)56(62-50)52(40-27-31-42(58)32-28-40)55-36(6)44(22-18-14-10-2)48(60-55)33-47(43)59-53/h25-34,59,61H,9-24H2,1-8H3. The minimum absolute atomic E-state index is 1.000. The van der Waals surface area contributed by atoms with E-state index in [1.54, 1.807) is 0 Å². The maximum atomic E-state index is 5.75. The molecule has 3 aromatic heterocycles. The molecule has 2 N–H and O–H groups in total. The van der Waals surface area contributed by atoms with Crippen LogP contribution in [0.1, 0.15) is 176 Å². The lowest BCUT2D eigenvalue weighted by Crippen LogP contribution is -1.93. The van der Waals surface area contributed by atoms with E-state index in [0.29, 0.717) is 0 Å². The Kier molecular flexibility index (Phi) is 15.7. The van der Waals surface area contributed by atoms with Crippen molar-refractivity contribution in [3.8, 4) is 22.3 Å². The van der Waals surface area contributed by atoms with Crippen molar-refractivity contribution in [3.63, 3.8) is 0 Å². The molecule has 0 fully saturated rings. The van der Waals surface area contributed by atoms with Crippen molar-refractivity contribution in [3.05, 3.63) is 115 Å². The van der Waals surface area contributed by atoms with Gasteiger partial charge < -0.3 is 9.97 Å². The van der Waals surface area contributed by atoms with Gasteiger partial charge in [-0.05, 0) is 171 Å². The summed E-state index contributed by atoms with van der Waals surface area (Å²) in [5, 5.41) is 0. The van der Waals surface area contributed by atoms with Crippen molar-refractivity contribution >= 4 is 76.2 Å². The molecule has 0 amide bonds. The molecule has 2 aliphatic heterocycles. The number of rotatable bonds is 18. The third-order valence-corrected chi connectivity index (χ3v) is 14.5. The summed E-state index contributed by atoms with van der Waals surface area (Å²) >= 11 is 7.50. The smallest absolute Gasteiger partial charge is 0.0769 e. The van der Waals surface area contributed by atoms with Crippen molar-refractivity contribution in [2.75, 3.05) is 0 Å². The van der Waals surface area contributed by atoms with Crippen LogP contribution in [0.5, 0.6) is 0 Å². The number of nitrogens with one attached hydrogen (secondary N) is 2. The average molecular weight is 957 g/mol. The van der Waals surface area contributed by atoms with Gasteiger partial charge in [0.05, 0.1) is 33.8 Å². The van der Waals surface area contributed by atoms with Crippen LogP contribution in [0.15, 0.2) is 69.6 Å². The van der Waals surface area contributed by atoms with Gasteiger partial charge in [-0.15, -0.1) is 0 Å². The van der Waals surface area contributed by atoms with Crippen molar-refractivity contribution < 1.29 is 0 Å². The first-order valence-electron chi connectivity index (χ1n) is 23.8. The quantitative estimate of drug-likeness (QED) is 0.0860. The number of aryl methyl sites for hydroxylation is 4. The van der Waals surface area contributed by atoms with Crippen LogP contribution in [0.2, 0.25) is 0 Å². The highest BCUT2D eigenvalue weighted by atomic mass is 79.9. The second-order valence-electron chi connectivity index (χ2n) is 17.8. The molecule has 8 bridgehead atoms. The predicted octanol–water partition coefficient (Wildman–Crippen LogP) is 18.3. The molecule has 6 heteroatoms. The number of benzene rings is 2. The van der Waals surface area contributed by atoms with Crippen LogP contribution < -0.4 is 0 Å². The van der Waals surface area contributed by atoms with Gasteiger partial charge in [-0.3, -0.25) is 0 Å². The molecule has 2 aliphatic rings. The summed E-state index contributed by atoms with van der Waals surface area (Å²) in [7, 11) is 0. The van der Waals surface area contributed by atoms with Crippen LogP contribution in [0.25, 0.3) is 66.6 Å². The van der Waals surface area contributed by atoms with E-state index in [1.807, 2.05) is 0 Å². The van der Waals surface area contributed by atoms with Crippen molar-refractivity contribution in [2.45, 2.75) is 158 Å². The molecule has 5 heterocycles. The summed E-state index contributed by atoms with van der Waals surface area (Å²) in [6, 6.07) is 22.6. The van der Waals surface area contributed by atoms with Gasteiger partial charge >= 0.3 is 0 Å². The molecule has 0 saturated carbocycles. The number of fused-ring (bicyclic) bond motifs is 8. The minimum atomic E-state index is 1.000. The van der Waals surface area contributed by atoms with Gasteiger partial charge in [0, 0.05) is 31.1 Å². The first-order chi connectivity index (χ1) is 30.1. The molecule has 0 saturated heterocycles. The summed E-state index contributed by atoms with van der Waals surface area (Å²) < 4.78 is 2.15. The fourth-order valence-electron chi connectivity index (χ4n) is 9.79. The van der Waals surface area contributed by atoms with Crippen LogP contribution in [0.4, 0.5) is 0 Å². The minimum Gasteiger partial charge on any atom is -0.354 e. The zero-order valence-electron chi connectivity index (χ0n) is 38.7. The number of H-pyrrole nitrogens is 2. The molecule has 4 nitrogen and oxygen atoms in total. The highest BCUT2D eigenvalue weighted by Gasteiger charge is 2.27. The van der Waals surface area contributed by atoms with Gasteiger partial charge in [0.25, 0.3) is 0 Å². The molecule has 5 aromatic rings. The predicted molar refractivity (Wildman–Crippen MR) is 276 cm³/mol. The zero-order chi connectivity index (χ0) is 43.9. The van der Waals surface area contributed by atoms with E-state index in [2.05, 4.69) is 158 Å². The Morgan fingerprint density at radius 3 is 1.18 bits per heavy atom. The van der Waals surface area contributed by atoms with E-state index in [0.717, 1.165) is 94.2 Å². The summed E-state index contributed by atoms with van der Waals surface area (Å²) in [4.78, 5) is 19.8. The molecule has 2 aromatic carbocycles. The molecule has 0 atom stereocenters. The Bertz CT molecular complexity index is 2480. The number of aromatic nitrogens is 4. The second kappa shape index (κ2) is 21.1. The highest BCUT2D eigenvalue weighted by Crippen LogP contribution is 2.45. The molecular formula is C56H68Br2N4. The monoisotopic (exact) mass is 954 g/mol. The summed E-state index contributed by atoms with van der Waals surface area (Å²) in [6.45, 7) is 18.5. The van der Waals surface area contributed by atoms with E-state index in [9.17, 15) is 0 Å². The van der Waals surface area contributed by atoms with Crippen molar-refractivity contribution in [1.82, 2.24) is 19.9 Å². The maximum Gasteiger partial charge on any atom is 0.0769 e. The van der Waals surface area contributed by atoms with Crippen LogP contribution in [-0.4, -0.2) is 19.9 Å². The summed E-state index contributed by atoms with van der Waals surface area (Å²) in [6.07, 6.45) is 18.2. The zero-order valence-corrected chi connectivity index (χ0v) is 41.9. The SMILES string of the molecule is CCCCCC1=C(C)c2nc1cc1[nH]c(c(C)c1CCCCC)c(-c1ccc(Br)cc1)c1[nH]c(cc3nc(c2-c2ccc(Br)cc2)C(C)=C3CCCCC)c(CCCCC)c1C. The molecular weight excluding hydrogens is 888 g/mol. The topological polar surface area (TPSA) is 57.4 Å². The van der Waals surface area contributed by atoms with E-state index in [4.69, 9.17) is 9.97 Å². The number of nitrogens with zero attached hydrogens (tertiary/aromatic N) is 2. The molecule has 0 unspecified atom stereocenters. The first-order valence-corrected chi connectivity index (χ1v) is 25.4. The van der Waals surface area contributed by atoms with E-state index >= 15 is 0 Å². The fourth-order valence-corrected chi connectivity index (χ4v) is 10.3.